The maximum atomic E-state index is 12.7. The predicted octanol–water partition coefficient (Wildman–Crippen LogP) is 2.34. The summed E-state index contributed by atoms with van der Waals surface area (Å²) in [7, 11) is 0. The average molecular weight is 337 g/mol. The number of hydrogen-bond acceptors (Lipinski definition) is 3. The Labute approximate surface area is 140 Å². The van der Waals surface area contributed by atoms with Crippen LogP contribution in [0.25, 0.3) is 0 Å². The normalized spacial score (nSPS) is 17.8. The van der Waals surface area contributed by atoms with Crippen molar-refractivity contribution >= 4 is 29.2 Å². The Hall–Kier alpha value is -1.88. The third kappa shape index (κ3) is 4.55. The molecule has 1 aromatic carbocycles. The van der Waals surface area contributed by atoms with Gasteiger partial charge in [-0.05, 0) is 43.5 Å². The van der Waals surface area contributed by atoms with Crippen molar-refractivity contribution in [2.45, 2.75) is 32.6 Å². The number of carbonyl (C=O) groups is 3. The molecule has 1 aliphatic heterocycles. The molecule has 1 unspecified atom stereocenters. The largest absolute Gasteiger partial charge is 0.370 e. The average Bonchev–Trinajstić information content (AvgIpc) is 2.52. The fourth-order valence-corrected chi connectivity index (χ4v) is 3.16. The van der Waals surface area contributed by atoms with Crippen molar-refractivity contribution in [3.63, 3.8) is 0 Å². The first-order valence-corrected chi connectivity index (χ1v) is 8.12. The Kier molecular flexibility index (Phi) is 5.77. The number of nitrogens with zero attached hydrogens (tertiary/aromatic N) is 1. The van der Waals surface area contributed by atoms with Gasteiger partial charge in [-0.2, -0.15) is 0 Å². The van der Waals surface area contributed by atoms with E-state index in [1.165, 1.54) is 0 Å². The number of Topliss-reactive ketones (excluding diaryl/α,β-unsaturated/α-hetero) is 1. The van der Waals surface area contributed by atoms with E-state index >= 15 is 0 Å². The predicted molar refractivity (Wildman–Crippen MR) is 88.3 cm³/mol. The summed E-state index contributed by atoms with van der Waals surface area (Å²) < 4.78 is 0. The number of likely N-dealkylation sites (tertiary alicyclic amines) is 1. The number of benzene rings is 1. The SMILES string of the molecule is Cc1cc(Cl)ccc1C(=O)C1CCCN(C(=O)CCC(N)=O)C1. The quantitative estimate of drug-likeness (QED) is 0.838. The minimum Gasteiger partial charge on any atom is -0.370 e. The van der Waals surface area contributed by atoms with Gasteiger partial charge in [0.05, 0.1) is 0 Å². The Morgan fingerprint density at radius 3 is 2.70 bits per heavy atom. The van der Waals surface area contributed by atoms with Gasteiger partial charge in [0, 0.05) is 42.4 Å². The third-order valence-electron chi connectivity index (χ3n) is 4.18. The topological polar surface area (TPSA) is 80.5 Å². The van der Waals surface area contributed by atoms with E-state index in [4.69, 9.17) is 17.3 Å². The third-order valence-corrected chi connectivity index (χ3v) is 4.42. The second-order valence-corrected chi connectivity index (χ2v) is 6.41. The number of primary amides is 1. The fourth-order valence-electron chi connectivity index (χ4n) is 2.93. The number of halogens is 1. The van der Waals surface area contributed by atoms with Crippen LogP contribution in [0.1, 0.15) is 41.6 Å². The van der Waals surface area contributed by atoms with Crippen molar-refractivity contribution in [1.29, 1.82) is 0 Å². The Morgan fingerprint density at radius 1 is 1.30 bits per heavy atom. The van der Waals surface area contributed by atoms with E-state index < -0.39 is 5.91 Å². The van der Waals surface area contributed by atoms with Gasteiger partial charge in [-0.25, -0.2) is 0 Å². The summed E-state index contributed by atoms with van der Waals surface area (Å²) in [5.74, 6) is -0.762. The smallest absolute Gasteiger partial charge is 0.223 e. The van der Waals surface area contributed by atoms with E-state index in [9.17, 15) is 14.4 Å². The van der Waals surface area contributed by atoms with Crippen molar-refractivity contribution in [3.8, 4) is 0 Å². The number of hydrogen-bond donors (Lipinski definition) is 1. The molecular weight excluding hydrogens is 316 g/mol. The first kappa shape index (κ1) is 17.5. The summed E-state index contributed by atoms with van der Waals surface area (Å²) in [6, 6.07) is 5.22. The molecule has 0 aliphatic carbocycles. The maximum Gasteiger partial charge on any atom is 0.223 e. The Bertz CT molecular complexity index is 630. The molecule has 1 heterocycles. The van der Waals surface area contributed by atoms with Crippen LogP contribution in [0, 0.1) is 12.8 Å². The van der Waals surface area contributed by atoms with E-state index in [1.54, 1.807) is 23.1 Å². The monoisotopic (exact) mass is 336 g/mol. The van der Waals surface area contributed by atoms with E-state index in [0.29, 0.717) is 23.7 Å². The summed E-state index contributed by atoms with van der Waals surface area (Å²) in [4.78, 5) is 37.3. The number of rotatable bonds is 5. The molecule has 6 heteroatoms. The zero-order valence-electron chi connectivity index (χ0n) is 13.2. The number of ketones is 1. The second kappa shape index (κ2) is 7.59. The van der Waals surface area contributed by atoms with Crippen LogP contribution in [0.5, 0.6) is 0 Å². The molecule has 0 aromatic heterocycles. The van der Waals surface area contributed by atoms with Crippen LogP contribution in [0.15, 0.2) is 18.2 Å². The summed E-state index contributed by atoms with van der Waals surface area (Å²) >= 11 is 5.93. The van der Waals surface area contributed by atoms with Crippen LogP contribution in [0.4, 0.5) is 0 Å². The fraction of sp³-hybridized carbons (Fsp3) is 0.471. The highest BCUT2D eigenvalue weighted by Crippen LogP contribution is 2.24. The summed E-state index contributed by atoms with van der Waals surface area (Å²) in [6.07, 6.45) is 1.70. The lowest BCUT2D eigenvalue weighted by atomic mass is 9.88. The number of aryl methyl sites for hydroxylation is 1. The number of piperidine rings is 1. The van der Waals surface area contributed by atoms with E-state index in [2.05, 4.69) is 0 Å². The second-order valence-electron chi connectivity index (χ2n) is 5.97. The number of nitrogens with two attached hydrogens (primary N) is 1. The highest BCUT2D eigenvalue weighted by atomic mass is 35.5. The molecule has 1 aliphatic rings. The van der Waals surface area contributed by atoms with Crippen molar-refractivity contribution in [2.24, 2.45) is 11.7 Å². The highest BCUT2D eigenvalue weighted by molar-refractivity contribution is 6.30. The molecule has 0 spiro atoms. The van der Waals surface area contributed by atoms with Crippen molar-refractivity contribution in [3.05, 3.63) is 34.3 Å². The molecule has 1 fully saturated rings. The van der Waals surface area contributed by atoms with Gasteiger partial charge in [-0.3, -0.25) is 14.4 Å². The molecule has 5 nitrogen and oxygen atoms in total. The minimum absolute atomic E-state index is 0.0459. The zero-order chi connectivity index (χ0) is 17.0. The lowest BCUT2D eigenvalue weighted by molar-refractivity contribution is -0.134. The Balaban J connectivity index is 2.04. The highest BCUT2D eigenvalue weighted by Gasteiger charge is 2.29. The van der Waals surface area contributed by atoms with Gasteiger partial charge in [0.2, 0.25) is 11.8 Å². The van der Waals surface area contributed by atoms with E-state index in [0.717, 1.165) is 18.4 Å². The molecule has 2 N–H and O–H groups in total. The summed E-state index contributed by atoms with van der Waals surface area (Å²) in [6.45, 7) is 2.89. The van der Waals surface area contributed by atoms with E-state index in [-0.39, 0.29) is 30.4 Å². The van der Waals surface area contributed by atoms with Crippen molar-refractivity contribution in [2.75, 3.05) is 13.1 Å². The van der Waals surface area contributed by atoms with Gasteiger partial charge in [0.1, 0.15) is 0 Å². The number of carbonyl (C=O) groups excluding carboxylic acids is 3. The van der Waals surface area contributed by atoms with Gasteiger partial charge in [-0.1, -0.05) is 11.6 Å². The van der Waals surface area contributed by atoms with Crippen LogP contribution < -0.4 is 5.73 Å². The molecule has 0 radical (unpaired) electrons. The molecular formula is C17H21ClN2O3. The molecule has 2 amide bonds. The zero-order valence-corrected chi connectivity index (χ0v) is 13.9. The van der Waals surface area contributed by atoms with Gasteiger partial charge in [0.15, 0.2) is 5.78 Å². The van der Waals surface area contributed by atoms with Crippen LogP contribution >= 0.6 is 11.6 Å². The molecule has 23 heavy (non-hydrogen) atoms. The Morgan fingerprint density at radius 2 is 2.04 bits per heavy atom. The van der Waals surface area contributed by atoms with Crippen LogP contribution in [-0.2, 0) is 9.59 Å². The number of amides is 2. The molecule has 0 saturated carbocycles. The maximum absolute atomic E-state index is 12.7. The first-order chi connectivity index (χ1) is 10.9. The van der Waals surface area contributed by atoms with Gasteiger partial charge in [0.25, 0.3) is 0 Å². The van der Waals surface area contributed by atoms with Gasteiger partial charge in [-0.15, -0.1) is 0 Å². The molecule has 1 atom stereocenters. The van der Waals surface area contributed by atoms with Gasteiger partial charge < -0.3 is 10.6 Å². The van der Waals surface area contributed by atoms with Gasteiger partial charge >= 0.3 is 0 Å². The molecule has 124 valence electrons. The standard InChI is InChI=1S/C17H21ClN2O3/c1-11-9-13(18)4-5-14(11)17(23)12-3-2-8-20(10-12)16(22)7-6-15(19)21/h4-5,9,12H,2-3,6-8,10H2,1H3,(H2,19,21). The molecule has 2 rings (SSSR count). The van der Waals surface area contributed by atoms with Crippen molar-refractivity contribution < 1.29 is 14.4 Å². The van der Waals surface area contributed by atoms with Crippen LogP contribution in [0.2, 0.25) is 5.02 Å². The minimum atomic E-state index is -0.486. The van der Waals surface area contributed by atoms with Crippen LogP contribution in [-0.4, -0.2) is 35.6 Å². The van der Waals surface area contributed by atoms with E-state index in [1.807, 2.05) is 6.92 Å². The first-order valence-electron chi connectivity index (χ1n) is 7.75. The van der Waals surface area contributed by atoms with Crippen molar-refractivity contribution in [1.82, 2.24) is 4.90 Å². The molecule has 1 saturated heterocycles. The summed E-state index contributed by atoms with van der Waals surface area (Å²) in [5, 5.41) is 0.603. The molecule has 0 bridgehead atoms. The lowest BCUT2D eigenvalue weighted by Crippen LogP contribution is -2.42. The lowest BCUT2D eigenvalue weighted by Gasteiger charge is -2.32. The van der Waals surface area contributed by atoms with Crippen LogP contribution in [0.3, 0.4) is 0 Å². The molecule has 1 aromatic rings. The summed E-state index contributed by atoms with van der Waals surface area (Å²) in [5.41, 5.74) is 6.58.